The molecule has 0 bridgehead atoms. The maximum atomic E-state index is 12.5. The highest BCUT2D eigenvalue weighted by molar-refractivity contribution is 8.26. The number of carboxylic acid groups (broad SMARTS) is 1. The SMILES string of the molecule is O=C(O)CCN1C(=O)C(=Cc2ccc(Oc3ccc(Cl)cc3)cc2Cl)SC1=S. The van der Waals surface area contributed by atoms with Crippen LogP contribution in [-0.2, 0) is 9.59 Å². The molecule has 0 aromatic heterocycles. The van der Waals surface area contributed by atoms with Crippen LogP contribution in [0.4, 0.5) is 0 Å². The van der Waals surface area contributed by atoms with Gasteiger partial charge in [0.15, 0.2) is 0 Å². The van der Waals surface area contributed by atoms with Crippen molar-refractivity contribution >= 4 is 69.5 Å². The molecule has 1 saturated heterocycles. The maximum absolute atomic E-state index is 12.5. The second kappa shape index (κ2) is 8.96. The fourth-order valence-corrected chi connectivity index (χ4v) is 4.02. The number of aliphatic carboxylic acids is 1. The number of ether oxygens (including phenoxy) is 1. The van der Waals surface area contributed by atoms with Crippen molar-refractivity contribution in [2.24, 2.45) is 0 Å². The Morgan fingerprint density at radius 1 is 1.18 bits per heavy atom. The van der Waals surface area contributed by atoms with E-state index in [-0.39, 0.29) is 18.9 Å². The molecule has 0 saturated carbocycles. The van der Waals surface area contributed by atoms with Crippen LogP contribution in [0.15, 0.2) is 47.4 Å². The van der Waals surface area contributed by atoms with Crippen LogP contribution < -0.4 is 4.74 Å². The number of rotatable bonds is 6. The summed E-state index contributed by atoms with van der Waals surface area (Å²) in [6.45, 7) is 0.0406. The molecular weight excluding hydrogens is 441 g/mol. The van der Waals surface area contributed by atoms with Crippen LogP contribution in [0.2, 0.25) is 10.0 Å². The highest BCUT2D eigenvalue weighted by Gasteiger charge is 2.32. The van der Waals surface area contributed by atoms with E-state index >= 15 is 0 Å². The predicted molar refractivity (Wildman–Crippen MR) is 115 cm³/mol. The van der Waals surface area contributed by atoms with Gasteiger partial charge in [-0.1, -0.05) is 47.2 Å². The zero-order valence-corrected chi connectivity index (χ0v) is 17.4. The van der Waals surface area contributed by atoms with Gasteiger partial charge in [0.05, 0.1) is 16.3 Å². The molecule has 0 radical (unpaired) electrons. The van der Waals surface area contributed by atoms with E-state index in [9.17, 15) is 9.59 Å². The number of carbonyl (C=O) groups excluding carboxylic acids is 1. The van der Waals surface area contributed by atoms with Gasteiger partial charge in [-0.25, -0.2) is 0 Å². The molecular formula is C19H13Cl2NO4S2. The van der Waals surface area contributed by atoms with Crippen molar-refractivity contribution in [2.75, 3.05) is 6.54 Å². The lowest BCUT2D eigenvalue weighted by atomic mass is 10.2. The number of hydrogen-bond acceptors (Lipinski definition) is 5. The first kappa shape index (κ1) is 20.7. The minimum Gasteiger partial charge on any atom is -0.481 e. The van der Waals surface area contributed by atoms with E-state index in [1.54, 1.807) is 48.5 Å². The summed E-state index contributed by atoms with van der Waals surface area (Å²) >= 11 is 18.5. The Labute approximate surface area is 180 Å². The van der Waals surface area contributed by atoms with Gasteiger partial charge in [-0.05, 0) is 54.1 Å². The van der Waals surface area contributed by atoms with Crippen LogP contribution in [0, 0.1) is 0 Å². The third-order valence-electron chi connectivity index (χ3n) is 3.73. The number of halogens is 2. The number of thiocarbonyl (C=S) groups is 1. The number of thioether (sulfide) groups is 1. The molecule has 1 heterocycles. The largest absolute Gasteiger partial charge is 0.481 e. The Hall–Kier alpha value is -2.06. The first-order valence-corrected chi connectivity index (χ1v) is 10.0. The van der Waals surface area contributed by atoms with Crippen LogP contribution >= 0.6 is 47.2 Å². The van der Waals surface area contributed by atoms with Crippen LogP contribution in [0.3, 0.4) is 0 Å². The molecule has 1 aliphatic rings. The summed E-state index contributed by atoms with van der Waals surface area (Å²) in [5.74, 6) is -0.155. The topological polar surface area (TPSA) is 66.8 Å². The summed E-state index contributed by atoms with van der Waals surface area (Å²) in [5, 5.41) is 9.81. The van der Waals surface area contributed by atoms with Gasteiger partial charge in [-0.2, -0.15) is 0 Å². The number of hydrogen-bond donors (Lipinski definition) is 1. The Morgan fingerprint density at radius 3 is 2.50 bits per heavy atom. The van der Waals surface area contributed by atoms with Gasteiger partial charge in [0.25, 0.3) is 5.91 Å². The number of carbonyl (C=O) groups is 2. The van der Waals surface area contributed by atoms with E-state index in [1.807, 2.05) is 0 Å². The van der Waals surface area contributed by atoms with Crippen molar-refractivity contribution in [3.8, 4) is 11.5 Å². The Kier molecular flexibility index (Phi) is 6.61. The van der Waals surface area contributed by atoms with Crippen LogP contribution in [0.1, 0.15) is 12.0 Å². The van der Waals surface area contributed by atoms with E-state index in [2.05, 4.69) is 0 Å². The van der Waals surface area contributed by atoms with Crippen molar-refractivity contribution in [1.82, 2.24) is 4.90 Å². The van der Waals surface area contributed by atoms with Crippen molar-refractivity contribution in [1.29, 1.82) is 0 Å². The van der Waals surface area contributed by atoms with Gasteiger partial charge in [-0.15, -0.1) is 0 Å². The van der Waals surface area contributed by atoms with Gasteiger partial charge < -0.3 is 9.84 Å². The van der Waals surface area contributed by atoms with Crippen molar-refractivity contribution in [3.63, 3.8) is 0 Å². The highest BCUT2D eigenvalue weighted by Crippen LogP contribution is 2.35. The third kappa shape index (κ3) is 5.05. The summed E-state index contributed by atoms with van der Waals surface area (Å²) < 4.78 is 6.06. The first-order chi connectivity index (χ1) is 13.3. The van der Waals surface area contributed by atoms with Gasteiger partial charge in [0.2, 0.25) is 0 Å². The standard InChI is InChI=1S/C19H13Cl2NO4S2/c20-12-2-5-13(6-3-12)26-14-4-1-11(15(21)10-14)9-16-18(25)22(19(27)28-16)8-7-17(23)24/h1-6,9-10H,7-8H2,(H,23,24). The van der Waals surface area contributed by atoms with Crippen LogP contribution in [0.5, 0.6) is 11.5 Å². The number of carboxylic acids is 1. The van der Waals surface area contributed by atoms with Crippen molar-refractivity contribution in [3.05, 3.63) is 63.0 Å². The second-order valence-corrected chi connectivity index (χ2v) is 8.24. The predicted octanol–water partition coefficient (Wildman–Crippen LogP) is 5.46. The number of nitrogens with zero attached hydrogens (tertiary/aromatic N) is 1. The van der Waals surface area contributed by atoms with Gasteiger partial charge in [-0.3, -0.25) is 14.5 Å². The molecule has 2 aromatic carbocycles. The minimum atomic E-state index is -0.989. The molecule has 1 aliphatic heterocycles. The molecule has 1 amide bonds. The van der Waals surface area contributed by atoms with E-state index in [4.69, 9.17) is 45.3 Å². The number of amides is 1. The second-order valence-electron chi connectivity index (χ2n) is 5.72. The monoisotopic (exact) mass is 453 g/mol. The Bertz CT molecular complexity index is 976. The molecule has 5 nitrogen and oxygen atoms in total. The molecule has 2 aromatic rings. The fraction of sp³-hybridized carbons (Fsp3) is 0.105. The van der Waals surface area contributed by atoms with Crippen molar-refractivity contribution in [2.45, 2.75) is 6.42 Å². The summed E-state index contributed by atoms with van der Waals surface area (Å²) in [6.07, 6.45) is 1.46. The average Bonchev–Trinajstić information content (AvgIpc) is 2.90. The quantitative estimate of drug-likeness (QED) is 0.462. The molecule has 28 heavy (non-hydrogen) atoms. The maximum Gasteiger partial charge on any atom is 0.305 e. The Morgan fingerprint density at radius 2 is 1.86 bits per heavy atom. The molecule has 0 aliphatic carbocycles. The molecule has 1 N–H and O–H groups in total. The summed E-state index contributed by atoms with van der Waals surface area (Å²) in [4.78, 5) is 24.9. The first-order valence-electron chi connectivity index (χ1n) is 8.03. The fourth-order valence-electron chi connectivity index (χ4n) is 2.37. The van der Waals surface area contributed by atoms with Gasteiger partial charge in [0, 0.05) is 11.6 Å². The lowest BCUT2D eigenvalue weighted by Crippen LogP contribution is -2.30. The Balaban J connectivity index is 1.75. The van der Waals surface area contributed by atoms with Gasteiger partial charge in [0.1, 0.15) is 15.8 Å². The normalized spacial score (nSPS) is 15.4. The van der Waals surface area contributed by atoms with E-state index < -0.39 is 5.97 Å². The highest BCUT2D eigenvalue weighted by atomic mass is 35.5. The molecule has 0 unspecified atom stereocenters. The third-order valence-corrected chi connectivity index (χ3v) is 5.69. The van der Waals surface area contributed by atoms with E-state index in [1.165, 1.54) is 4.90 Å². The molecule has 0 atom stereocenters. The lowest BCUT2D eigenvalue weighted by molar-refractivity contribution is -0.137. The summed E-state index contributed by atoms with van der Waals surface area (Å²) in [6, 6.07) is 12.0. The summed E-state index contributed by atoms with van der Waals surface area (Å²) in [5.41, 5.74) is 0.629. The van der Waals surface area contributed by atoms with Crippen molar-refractivity contribution < 1.29 is 19.4 Å². The zero-order chi connectivity index (χ0) is 20.3. The summed E-state index contributed by atoms with van der Waals surface area (Å²) in [7, 11) is 0. The average molecular weight is 454 g/mol. The molecule has 0 spiro atoms. The van der Waals surface area contributed by atoms with Gasteiger partial charge >= 0.3 is 5.97 Å². The zero-order valence-electron chi connectivity index (χ0n) is 14.2. The van der Waals surface area contributed by atoms with Crippen LogP contribution in [0.25, 0.3) is 6.08 Å². The lowest BCUT2D eigenvalue weighted by Gasteiger charge is -2.12. The van der Waals surface area contributed by atoms with Crippen LogP contribution in [-0.4, -0.2) is 32.7 Å². The number of benzene rings is 2. The smallest absolute Gasteiger partial charge is 0.305 e. The van der Waals surface area contributed by atoms with E-state index in [0.29, 0.717) is 36.3 Å². The minimum absolute atomic E-state index is 0.0406. The molecule has 9 heteroatoms. The molecule has 1 fully saturated rings. The molecule has 3 rings (SSSR count). The molecule has 144 valence electrons. The van der Waals surface area contributed by atoms with E-state index in [0.717, 1.165) is 11.8 Å².